The second-order valence-electron chi connectivity index (χ2n) is 4.83. The molecule has 2 nitrogen and oxygen atoms in total. The van der Waals surface area contributed by atoms with Crippen molar-refractivity contribution in [2.24, 2.45) is 5.92 Å². The van der Waals surface area contributed by atoms with Crippen molar-refractivity contribution in [2.45, 2.75) is 50.6 Å². The van der Waals surface area contributed by atoms with Crippen LogP contribution in [0.2, 0.25) is 0 Å². The standard InChI is InChI=1S/C11H18F4O2/c1-10(12,13)7-11(14,15)9(16)6-17-5-4-8-2-3-8/h8-9,16H,2-7H2,1H3. The van der Waals surface area contributed by atoms with Crippen molar-refractivity contribution in [1.82, 2.24) is 0 Å². The summed E-state index contributed by atoms with van der Waals surface area (Å²) in [5.41, 5.74) is 0. The molecule has 1 N–H and O–H groups in total. The highest BCUT2D eigenvalue weighted by Gasteiger charge is 2.45. The topological polar surface area (TPSA) is 29.5 Å². The van der Waals surface area contributed by atoms with Gasteiger partial charge in [-0.3, -0.25) is 0 Å². The molecule has 0 aromatic heterocycles. The second kappa shape index (κ2) is 5.52. The number of halogens is 4. The Labute approximate surface area is 98.0 Å². The Kier molecular flexibility index (Phi) is 4.77. The lowest BCUT2D eigenvalue weighted by atomic mass is 10.1. The van der Waals surface area contributed by atoms with Crippen molar-refractivity contribution in [1.29, 1.82) is 0 Å². The molecule has 0 aromatic carbocycles. The van der Waals surface area contributed by atoms with Gasteiger partial charge < -0.3 is 9.84 Å². The first kappa shape index (κ1) is 14.7. The van der Waals surface area contributed by atoms with Crippen LogP contribution in [0.3, 0.4) is 0 Å². The maximum Gasteiger partial charge on any atom is 0.281 e. The zero-order valence-corrected chi connectivity index (χ0v) is 9.76. The van der Waals surface area contributed by atoms with E-state index in [0.29, 0.717) is 19.4 Å². The maximum absolute atomic E-state index is 13.1. The highest BCUT2D eigenvalue weighted by Crippen LogP contribution is 2.34. The Morgan fingerprint density at radius 3 is 2.35 bits per heavy atom. The van der Waals surface area contributed by atoms with Crippen LogP contribution < -0.4 is 0 Å². The van der Waals surface area contributed by atoms with Gasteiger partial charge in [0, 0.05) is 6.61 Å². The molecule has 0 amide bonds. The number of rotatable bonds is 8. The quantitative estimate of drug-likeness (QED) is 0.536. The van der Waals surface area contributed by atoms with Gasteiger partial charge >= 0.3 is 0 Å². The van der Waals surface area contributed by atoms with Crippen LogP contribution in [-0.4, -0.2) is 36.3 Å². The average Bonchev–Trinajstić information content (AvgIpc) is 2.91. The van der Waals surface area contributed by atoms with Crippen LogP contribution in [0.4, 0.5) is 17.6 Å². The summed E-state index contributed by atoms with van der Waals surface area (Å²) >= 11 is 0. The third-order valence-corrected chi connectivity index (χ3v) is 2.68. The zero-order valence-electron chi connectivity index (χ0n) is 9.76. The smallest absolute Gasteiger partial charge is 0.281 e. The molecule has 102 valence electrons. The molecule has 0 saturated heterocycles. The summed E-state index contributed by atoms with van der Waals surface area (Å²) in [5.74, 6) is -6.72. The van der Waals surface area contributed by atoms with Gasteiger partial charge in [0.25, 0.3) is 11.8 Å². The summed E-state index contributed by atoms with van der Waals surface area (Å²) in [7, 11) is 0. The fourth-order valence-electron chi connectivity index (χ4n) is 1.51. The van der Waals surface area contributed by atoms with Crippen molar-refractivity contribution in [2.75, 3.05) is 13.2 Å². The molecule has 0 heterocycles. The number of hydrogen-bond donors (Lipinski definition) is 1. The predicted molar refractivity (Wildman–Crippen MR) is 54.4 cm³/mol. The number of alkyl halides is 4. The minimum Gasteiger partial charge on any atom is -0.384 e. The molecule has 1 unspecified atom stereocenters. The van der Waals surface area contributed by atoms with E-state index in [1.807, 2.05) is 0 Å². The van der Waals surface area contributed by atoms with Gasteiger partial charge in [0.15, 0.2) is 0 Å². The molecular weight excluding hydrogens is 240 g/mol. The number of ether oxygens (including phenoxy) is 1. The molecule has 6 heteroatoms. The van der Waals surface area contributed by atoms with Crippen LogP contribution in [0, 0.1) is 5.92 Å². The molecular formula is C11H18F4O2. The summed E-state index contributed by atoms with van der Waals surface area (Å²) in [6, 6.07) is 0. The Bertz CT molecular complexity index is 236. The molecule has 1 aliphatic rings. The molecule has 1 aliphatic carbocycles. The van der Waals surface area contributed by atoms with E-state index >= 15 is 0 Å². The summed E-state index contributed by atoms with van der Waals surface area (Å²) in [4.78, 5) is 0. The van der Waals surface area contributed by atoms with Crippen LogP contribution in [0.5, 0.6) is 0 Å². The lowest BCUT2D eigenvalue weighted by molar-refractivity contribution is -0.175. The van der Waals surface area contributed by atoms with Crippen molar-refractivity contribution < 1.29 is 27.4 Å². The van der Waals surface area contributed by atoms with E-state index in [-0.39, 0.29) is 0 Å². The SMILES string of the molecule is CC(F)(F)CC(F)(F)C(O)COCCC1CC1. The van der Waals surface area contributed by atoms with Gasteiger partial charge in [0.1, 0.15) is 6.10 Å². The van der Waals surface area contributed by atoms with Gasteiger partial charge in [-0.2, -0.15) is 0 Å². The fraction of sp³-hybridized carbons (Fsp3) is 1.00. The van der Waals surface area contributed by atoms with E-state index in [4.69, 9.17) is 9.84 Å². The van der Waals surface area contributed by atoms with Gasteiger partial charge in [0.2, 0.25) is 0 Å². The summed E-state index contributed by atoms with van der Waals surface area (Å²) < 4.78 is 56.0. The maximum atomic E-state index is 13.1. The second-order valence-corrected chi connectivity index (χ2v) is 4.83. The first-order chi connectivity index (χ1) is 7.71. The monoisotopic (exact) mass is 258 g/mol. The summed E-state index contributed by atoms with van der Waals surface area (Å²) in [6.45, 7) is 0.0949. The van der Waals surface area contributed by atoms with Crippen LogP contribution in [0.1, 0.15) is 32.6 Å². The Balaban J connectivity index is 2.20. The summed E-state index contributed by atoms with van der Waals surface area (Å²) in [5, 5.41) is 9.11. The van der Waals surface area contributed by atoms with Crippen molar-refractivity contribution in [3.63, 3.8) is 0 Å². The third-order valence-electron chi connectivity index (χ3n) is 2.68. The number of hydrogen-bond acceptors (Lipinski definition) is 2. The van der Waals surface area contributed by atoms with Gasteiger partial charge in [-0.15, -0.1) is 0 Å². The van der Waals surface area contributed by atoms with E-state index in [2.05, 4.69) is 0 Å². The molecule has 0 aromatic rings. The largest absolute Gasteiger partial charge is 0.384 e. The molecule has 1 saturated carbocycles. The lowest BCUT2D eigenvalue weighted by Crippen LogP contribution is -2.41. The van der Waals surface area contributed by atoms with Crippen LogP contribution in [-0.2, 0) is 4.74 Å². The molecule has 0 aliphatic heterocycles. The molecule has 1 rings (SSSR count). The highest BCUT2D eigenvalue weighted by molar-refractivity contribution is 4.81. The van der Waals surface area contributed by atoms with E-state index in [9.17, 15) is 17.6 Å². The van der Waals surface area contributed by atoms with E-state index in [1.54, 1.807) is 0 Å². The fourth-order valence-corrected chi connectivity index (χ4v) is 1.51. The third kappa shape index (κ3) is 6.21. The molecule has 0 spiro atoms. The molecule has 0 radical (unpaired) electrons. The van der Waals surface area contributed by atoms with Crippen LogP contribution >= 0.6 is 0 Å². The van der Waals surface area contributed by atoms with Gasteiger partial charge in [0.05, 0.1) is 13.0 Å². The van der Waals surface area contributed by atoms with Gasteiger partial charge in [-0.1, -0.05) is 12.8 Å². The first-order valence-electron chi connectivity index (χ1n) is 5.72. The number of aliphatic hydroxyl groups excluding tert-OH is 1. The van der Waals surface area contributed by atoms with Gasteiger partial charge in [-0.25, -0.2) is 17.6 Å². The first-order valence-corrected chi connectivity index (χ1v) is 5.72. The van der Waals surface area contributed by atoms with Crippen molar-refractivity contribution in [3.8, 4) is 0 Å². The molecule has 0 bridgehead atoms. The molecule has 17 heavy (non-hydrogen) atoms. The van der Waals surface area contributed by atoms with Crippen LogP contribution in [0.15, 0.2) is 0 Å². The van der Waals surface area contributed by atoms with E-state index in [0.717, 1.165) is 19.3 Å². The Morgan fingerprint density at radius 1 is 1.29 bits per heavy atom. The normalized spacial score (nSPS) is 19.4. The Morgan fingerprint density at radius 2 is 1.88 bits per heavy atom. The minimum absolute atomic E-state index is 0.292. The highest BCUT2D eigenvalue weighted by atomic mass is 19.3. The zero-order chi connectivity index (χ0) is 13.1. The average molecular weight is 258 g/mol. The molecule has 1 fully saturated rings. The van der Waals surface area contributed by atoms with E-state index < -0.39 is 31.0 Å². The van der Waals surface area contributed by atoms with Crippen molar-refractivity contribution in [3.05, 3.63) is 0 Å². The van der Waals surface area contributed by atoms with Crippen LogP contribution in [0.25, 0.3) is 0 Å². The Hall–Kier alpha value is -0.360. The minimum atomic E-state index is -3.82. The molecule has 1 atom stereocenters. The summed E-state index contributed by atoms with van der Waals surface area (Å²) in [6.07, 6.45) is -0.795. The number of aliphatic hydroxyl groups is 1. The lowest BCUT2D eigenvalue weighted by Gasteiger charge is -2.25. The van der Waals surface area contributed by atoms with Crippen molar-refractivity contribution >= 4 is 0 Å². The predicted octanol–water partition coefficient (Wildman–Crippen LogP) is 2.84. The van der Waals surface area contributed by atoms with Gasteiger partial charge in [-0.05, 0) is 19.3 Å². The van der Waals surface area contributed by atoms with E-state index in [1.165, 1.54) is 0 Å².